The van der Waals surface area contributed by atoms with E-state index in [2.05, 4.69) is 9.71 Å². The molecule has 2 aromatic heterocycles. The Hall–Kier alpha value is -1.25. The summed E-state index contributed by atoms with van der Waals surface area (Å²) < 4.78 is 27.2. The molecule has 0 radical (unpaired) electrons. The first-order valence-corrected chi connectivity index (χ1v) is 10.8. The molecular formula is C16H15ClN2O2S3. The number of benzene rings is 1. The monoisotopic (exact) mass is 398 g/mol. The van der Waals surface area contributed by atoms with Crippen molar-refractivity contribution in [3.8, 4) is 10.6 Å². The molecule has 0 saturated heterocycles. The molecule has 3 aromatic rings. The lowest BCUT2D eigenvalue weighted by atomic mass is 10.2. The minimum absolute atomic E-state index is 0.338. The van der Waals surface area contributed by atoms with Crippen LogP contribution in [0.3, 0.4) is 0 Å². The van der Waals surface area contributed by atoms with Crippen LogP contribution in [0.15, 0.2) is 46.0 Å². The molecule has 0 spiro atoms. The molecule has 24 heavy (non-hydrogen) atoms. The molecule has 8 heteroatoms. The Morgan fingerprint density at radius 3 is 2.62 bits per heavy atom. The van der Waals surface area contributed by atoms with E-state index in [1.165, 1.54) is 11.3 Å². The quantitative estimate of drug-likeness (QED) is 0.671. The van der Waals surface area contributed by atoms with Gasteiger partial charge in [0.05, 0.1) is 5.69 Å². The number of sulfonamides is 1. The summed E-state index contributed by atoms with van der Waals surface area (Å²) in [4.78, 5) is 5.65. The minimum Gasteiger partial charge on any atom is -0.241 e. The lowest BCUT2D eigenvalue weighted by Crippen LogP contribution is -2.25. The highest BCUT2D eigenvalue weighted by molar-refractivity contribution is 7.91. The van der Waals surface area contributed by atoms with E-state index in [-0.39, 0.29) is 0 Å². The lowest BCUT2D eigenvalue weighted by Gasteiger charge is -2.03. The largest absolute Gasteiger partial charge is 0.250 e. The summed E-state index contributed by atoms with van der Waals surface area (Å²) >= 11 is 8.70. The van der Waals surface area contributed by atoms with Crippen molar-refractivity contribution < 1.29 is 8.42 Å². The third kappa shape index (κ3) is 4.04. The number of thiazole rings is 1. The van der Waals surface area contributed by atoms with Crippen LogP contribution in [0.5, 0.6) is 0 Å². The predicted molar refractivity (Wildman–Crippen MR) is 101 cm³/mol. The first-order valence-electron chi connectivity index (χ1n) is 7.21. The molecule has 1 N–H and O–H groups in total. The van der Waals surface area contributed by atoms with E-state index in [0.29, 0.717) is 22.2 Å². The average Bonchev–Trinajstić information content (AvgIpc) is 3.19. The van der Waals surface area contributed by atoms with Crippen LogP contribution < -0.4 is 4.72 Å². The van der Waals surface area contributed by atoms with Crippen LogP contribution in [0.2, 0.25) is 5.02 Å². The summed E-state index contributed by atoms with van der Waals surface area (Å²) in [6.07, 6.45) is 0.613. The Morgan fingerprint density at radius 2 is 1.96 bits per heavy atom. The first kappa shape index (κ1) is 17.6. The number of halogens is 1. The number of nitrogens with one attached hydrogen (secondary N) is 1. The molecule has 0 amide bonds. The maximum Gasteiger partial charge on any atom is 0.250 e. The van der Waals surface area contributed by atoms with Gasteiger partial charge in [0.15, 0.2) is 0 Å². The van der Waals surface area contributed by atoms with Crippen LogP contribution in [0.25, 0.3) is 10.6 Å². The molecular weight excluding hydrogens is 384 g/mol. The summed E-state index contributed by atoms with van der Waals surface area (Å²) in [5.74, 6) is 0. The van der Waals surface area contributed by atoms with Gasteiger partial charge >= 0.3 is 0 Å². The SMILES string of the molecule is Cc1nc(-c2ccc(Cl)cc2)sc1CCNS(=O)(=O)c1cccs1. The summed E-state index contributed by atoms with van der Waals surface area (Å²) in [5.41, 5.74) is 1.94. The van der Waals surface area contributed by atoms with Gasteiger partial charge in [0.1, 0.15) is 9.22 Å². The third-order valence-corrected chi connectivity index (χ3v) is 7.76. The van der Waals surface area contributed by atoms with E-state index in [1.807, 2.05) is 31.2 Å². The maximum absolute atomic E-state index is 12.1. The molecule has 3 rings (SSSR count). The molecule has 2 heterocycles. The van der Waals surface area contributed by atoms with E-state index in [1.54, 1.807) is 28.8 Å². The second-order valence-corrected chi connectivity index (χ2v) is 9.58. The Bertz CT molecular complexity index is 917. The maximum atomic E-state index is 12.1. The Balaban J connectivity index is 1.67. The van der Waals surface area contributed by atoms with Crippen LogP contribution >= 0.6 is 34.3 Å². The van der Waals surface area contributed by atoms with Gasteiger partial charge in [-0.25, -0.2) is 18.1 Å². The normalized spacial score (nSPS) is 11.8. The van der Waals surface area contributed by atoms with E-state index in [0.717, 1.165) is 21.1 Å². The molecule has 1 aromatic carbocycles. The average molecular weight is 399 g/mol. The fourth-order valence-corrected chi connectivity index (χ4v) is 5.43. The summed E-state index contributed by atoms with van der Waals surface area (Å²) in [6, 6.07) is 10.9. The van der Waals surface area contributed by atoms with Crippen LogP contribution in [-0.2, 0) is 16.4 Å². The van der Waals surface area contributed by atoms with Gasteiger partial charge in [0, 0.05) is 22.0 Å². The van der Waals surface area contributed by atoms with Crippen molar-refractivity contribution >= 4 is 44.3 Å². The van der Waals surface area contributed by atoms with Crippen molar-refractivity contribution in [2.24, 2.45) is 0 Å². The number of aromatic nitrogens is 1. The fraction of sp³-hybridized carbons (Fsp3) is 0.188. The van der Waals surface area contributed by atoms with Crippen LogP contribution in [0.4, 0.5) is 0 Å². The molecule has 0 atom stereocenters. The van der Waals surface area contributed by atoms with Gasteiger partial charge in [-0.15, -0.1) is 22.7 Å². The first-order chi connectivity index (χ1) is 11.5. The number of hydrogen-bond donors (Lipinski definition) is 1. The molecule has 0 aliphatic heterocycles. The molecule has 4 nitrogen and oxygen atoms in total. The highest BCUT2D eigenvalue weighted by Crippen LogP contribution is 2.29. The van der Waals surface area contributed by atoms with Crippen LogP contribution in [0, 0.1) is 6.92 Å². The van der Waals surface area contributed by atoms with Crippen molar-refractivity contribution in [2.75, 3.05) is 6.54 Å². The van der Waals surface area contributed by atoms with Gasteiger partial charge < -0.3 is 0 Å². The summed E-state index contributed by atoms with van der Waals surface area (Å²) in [6.45, 7) is 2.29. The van der Waals surface area contributed by atoms with E-state index < -0.39 is 10.0 Å². The van der Waals surface area contributed by atoms with Gasteiger partial charge in [-0.3, -0.25) is 0 Å². The smallest absolute Gasteiger partial charge is 0.241 e. The van der Waals surface area contributed by atoms with Crippen molar-refractivity contribution in [1.29, 1.82) is 0 Å². The number of nitrogens with zero attached hydrogens (tertiary/aromatic N) is 1. The van der Waals surface area contributed by atoms with Gasteiger partial charge in [0.2, 0.25) is 10.0 Å². The molecule has 0 bridgehead atoms. The van der Waals surface area contributed by atoms with Gasteiger partial charge in [0.25, 0.3) is 0 Å². The van der Waals surface area contributed by atoms with Crippen molar-refractivity contribution in [1.82, 2.24) is 9.71 Å². The second kappa shape index (κ2) is 7.33. The van der Waals surface area contributed by atoms with Crippen LogP contribution in [-0.4, -0.2) is 19.9 Å². The second-order valence-electron chi connectivity index (χ2n) is 5.11. The molecule has 0 saturated carbocycles. The Kier molecular flexibility index (Phi) is 5.36. The molecule has 0 aliphatic carbocycles. The van der Waals surface area contributed by atoms with Gasteiger partial charge in [-0.05, 0) is 36.9 Å². The number of aryl methyl sites for hydroxylation is 1. The Labute approximate surface area is 154 Å². The standard InChI is InChI=1S/C16H15ClN2O2S3/c1-11-14(8-9-18-24(20,21)15-3-2-10-22-15)23-16(19-11)12-4-6-13(17)7-5-12/h2-7,10,18H,8-9H2,1H3. The minimum atomic E-state index is -3.41. The molecule has 126 valence electrons. The molecule has 0 fully saturated rings. The van der Waals surface area contributed by atoms with Crippen molar-refractivity contribution in [2.45, 2.75) is 17.6 Å². The highest BCUT2D eigenvalue weighted by atomic mass is 35.5. The molecule has 0 aliphatic rings. The summed E-state index contributed by atoms with van der Waals surface area (Å²) in [5, 5.41) is 3.36. The van der Waals surface area contributed by atoms with Gasteiger partial charge in [-0.1, -0.05) is 29.8 Å². The zero-order chi connectivity index (χ0) is 17.2. The van der Waals surface area contributed by atoms with Crippen LogP contribution in [0.1, 0.15) is 10.6 Å². The summed E-state index contributed by atoms with van der Waals surface area (Å²) in [7, 11) is -3.41. The van der Waals surface area contributed by atoms with Crippen molar-refractivity contribution in [3.63, 3.8) is 0 Å². The highest BCUT2D eigenvalue weighted by Gasteiger charge is 2.15. The zero-order valence-electron chi connectivity index (χ0n) is 12.8. The Morgan fingerprint density at radius 1 is 1.21 bits per heavy atom. The predicted octanol–water partition coefficient (Wildman–Crippen LogP) is 4.35. The lowest BCUT2D eigenvalue weighted by molar-refractivity contribution is 0.584. The molecule has 0 unspecified atom stereocenters. The number of thiophene rings is 1. The van der Waals surface area contributed by atoms with E-state index >= 15 is 0 Å². The topological polar surface area (TPSA) is 59.1 Å². The zero-order valence-corrected chi connectivity index (χ0v) is 16.0. The fourth-order valence-electron chi connectivity index (χ4n) is 2.16. The van der Waals surface area contributed by atoms with E-state index in [4.69, 9.17) is 11.6 Å². The third-order valence-electron chi connectivity index (χ3n) is 3.39. The van der Waals surface area contributed by atoms with E-state index in [9.17, 15) is 8.42 Å². The van der Waals surface area contributed by atoms with Crippen molar-refractivity contribution in [3.05, 3.63) is 57.4 Å². The number of hydrogen-bond acceptors (Lipinski definition) is 5. The van der Waals surface area contributed by atoms with Gasteiger partial charge in [-0.2, -0.15) is 0 Å². The number of rotatable bonds is 6.